The lowest BCUT2D eigenvalue weighted by Crippen LogP contribution is -2.37. The Labute approximate surface area is 114 Å². The minimum Gasteiger partial charge on any atom is -0.395 e. The van der Waals surface area contributed by atoms with Crippen molar-refractivity contribution in [3.63, 3.8) is 0 Å². The van der Waals surface area contributed by atoms with Crippen LogP contribution in [-0.4, -0.2) is 23.4 Å². The van der Waals surface area contributed by atoms with Gasteiger partial charge in [0.15, 0.2) is 0 Å². The van der Waals surface area contributed by atoms with Gasteiger partial charge in [-0.1, -0.05) is 60.2 Å². The van der Waals surface area contributed by atoms with Crippen LogP contribution >= 0.6 is 0 Å². The van der Waals surface area contributed by atoms with Gasteiger partial charge in [-0.25, -0.2) is 0 Å². The van der Waals surface area contributed by atoms with Crippen LogP contribution in [0, 0.1) is 6.92 Å². The van der Waals surface area contributed by atoms with Crippen molar-refractivity contribution in [2.24, 2.45) is 0 Å². The minimum atomic E-state index is -0.618. The Kier molecular flexibility index (Phi) is 4.35. The normalized spacial score (nSPS) is 11.5. The van der Waals surface area contributed by atoms with Crippen molar-refractivity contribution in [1.82, 2.24) is 0 Å². The second-order valence-corrected chi connectivity index (χ2v) is 5.13. The minimum absolute atomic E-state index is 0.0676. The summed E-state index contributed by atoms with van der Waals surface area (Å²) in [6, 6.07) is 18.0. The molecular formula is C17H20O2. The van der Waals surface area contributed by atoms with Gasteiger partial charge in [-0.3, -0.25) is 0 Å². The largest absolute Gasteiger partial charge is 0.395 e. The lowest BCUT2D eigenvalue weighted by atomic mass is 9.76. The molecule has 0 aliphatic heterocycles. The van der Waals surface area contributed by atoms with E-state index in [1.54, 1.807) is 0 Å². The Morgan fingerprint density at radius 2 is 1.58 bits per heavy atom. The maximum atomic E-state index is 9.82. The first-order chi connectivity index (χ1) is 9.20. The van der Waals surface area contributed by atoms with Crippen molar-refractivity contribution in [1.29, 1.82) is 0 Å². The van der Waals surface area contributed by atoms with Gasteiger partial charge in [0, 0.05) is 5.41 Å². The molecule has 2 nitrogen and oxygen atoms in total. The Morgan fingerprint density at radius 1 is 0.895 bits per heavy atom. The fourth-order valence-electron chi connectivity index (χ4n) is 2.41. The number of hydrogen-bond acceptors (Lipinski definition) is 2. The van der Waals surface area contributed by atoms with Gasteiger partial charge < -0.3 is 10.2 Å². The van der Waals surface area contributed by atoms with Crippen LogP contribution in [0.5, 0.6) is 0 Å². The van der Waals surface area contributed by atoms with E-state index >= 15 is 0 Å². The molecule has 0 fully saturated rings. The summed E-state index contributed by atoms with van der Waals surface area (Å²) in [5.74, 6) is 0. The molecule has 0 unspecified atom stereocenters. The van der Waals surface area contributed by atoms with E-state index in [0.717, 1.165) is 16.7 Å². The van der Waals surface area contributed by atoms with Crippen LogP contribution < -0.4 is 0 Å². The van der Waals surface area contributed by atoms with E-state index in [1.807, 2.05) is 61.5 Å². The average molecular weight is 256 g/mol. The van der Waals surface area contributed by atoms with Crippen molar-refractivity contribution in [2.45, 2.75) is 18.8 Å². The summed E-state index contributed by atoms with van der Waals surface area (Å²) >= 11 is 0. The molecule has 0 bridgehead atoms. The summed E-state index contributed by atoms with van der Waals surface area (Å²) in [5.41, 5.74) is 2.62. The van der Waals surface area contributed by atoms with E-state index in [0.29, 0.717) is 6.42 Å². The zero-order valence-corrected chi connectivity index (χ0v) is 11.2. The van der Waals surface area contributed by atoms with Crippen LogP contribution in [-0.2, 0) is 11.8 Å². The number of aliphatic hydroxyl groups is 2. The highest BCUT2D eigenvalue weighted by atomic mass is 16.3. The Bertz CT molecular complexity index is 516. The van der Waals surface area contributed by atoms with Gasteiger partial charge >= 0.3 is 0 Å². The van der Waals surface area contributed by atoms with Crippen LogP contribution in [0.15, 0.2) is 54.6 Å². The van der Waals surface area contributed by atoms with E-state index < -0.39 is 5.41 Å². The molecule has 2 N–H and O–H groups in total. The lowest BCUT2D eigenvalue weighted by molar-refractivity contribution is 0.116. The number of rotatable bonds is 5. The highest BCUT2D eigenvalue weighted by molar-refractivity contribution is 5.33. The quantitative estimate of drug-likeness (QED) is 0.862. The van der Waals surface area contributed by atoms with E-state index in [9.17, 15) is 10.2 Å². The third-order valence-corrected chi connectivity index (χ3v) is 3.62. The highest BCUT2D eigenvalue weighted by Gasteiger charge is 2.31. The van der Waals surface area contributed by atoms with Crippen molar-refractivity contribution < 1.29 is 10.2 Å². The maximum Gasteiger partial charge on any atom is 0.0553 e. The molecule has 100 valence electrons. The first-order valence-electron chi connectivity index (χ1n) is 6.53. The molecule has 0 amide bonds. The molecule has 0 radical (unpaired) electrons. The molecule has 0 aliphatic rings. The number of aliphatic hydroxyl groups excluding tert-OH is 2. The van der Waals surface area contributed by atoms with Crippen molar-refractivity contribution in [3.05, 3.63) is 71.3 Å². The molecule has 2 heteroatoms. The third-order valence-electron chi connectivity index (χ3n) is 3.62. The van der Waals surface area contributed by atoms with Crippen LogP contribution in [0.2, 0.25) is 0 Å². The first kappa shape index (κ1) is 13.8. The zero-order valence-electron chi connectivity index (χ0n) is 11.2. The molecule has 0 heterocycles. The molecule has 19 heavy (non-hydrogen) atoms. The smallest absolute Gasteiger partial charge is 0.0553 e. The van der Waals surface area contributed by atoms with Crippen LogP contribution in [0.4, 0.5) is 0 Å². The SMILES string of the molecule is Cc1cccc(C(CO)(CO)Cc2ccccc2)c1. The fraction of sp³-hybridized carbons (Fsp3) is 0.294. The van der Waals surface area contributed by atoms with E-state index in [4.69, 9.17) is 0 Å². The molecule has 0 aliphatic carbocycles. The monoisotopic (exact) mass is 256 g/mol. The topological polar surface area (TPSA) is 40.5 Å². The number of aryl methyl sites for hydroxylation is 1. The van der Waals surface area contributed by atoms with E-state index in [1.165, 1.54) is 0 Å². The second kappa shape index (κ2) is 6.00. The molecule has 0 aromatic heterocycles. The molecule has 0 spiro atoms. The molecule has 0 saturated heterocycles. The lowest BCUT2D eigenvalue weighted by Gasteiger charge is -2.31. The summed E-state index contributed by atoms with van der Waals surface area (Å²) in [4.78, 5) is 0. The molecule has 0 atom stereocenters. The molecule has 2 rings (SSSR count). The van der Waals surface area contributed by atoms with Crippen molar-refractivity contribution >= 4 is 0 Å². The van der Waals surface area contributed by atoms with Crippen LogP contribution in [0.1, 0.15) is 16.7 Å². The van der Waals surface area contributed by atoms with Gasteiger partial charge in [0.2, 0.25) is 0 Å². The Morgan fingerprint density at radius 3 is 2.16 bits per heavy atom. The maximum absolute atomic E-state index is 9.82. The van der Waals surface area contributed by atoms with E-state index in [2.05, 4.69) is 0 Å². The molecule has 0 saturated carbocycles. The first-order valence-corrected chi connectivity index (χ1v) is 6.53. The van der Waals surface area contributed by atoms with Crippen molar-refractivity contribution in [2.75, 3.05) is 13.2 Å². The summed E-state index contributed by atoms with van der Waals surface area (Å²) in [7, 11) is 0. The average Bonchev–Trinajstić information content (AvgIpc) is 2.46. The Balaban J connectivity index is 2.37. The van der Waals surface area contributed by atoms with Gasteiger partial charge in [-0.15, -0.1) is 0 Å². The summed E-state index contributed by atoms with van der Waals surface area (Å²) in [5, 5.41) is 19.6. The van der Waals surface area contributed by atoms with Gasteiger partial charge in [-0.2, -0.15) is 0 Å². The van der Waals surface area contributed by atoms with Gasteiger partial charge in [0.05, 0.1) is 13.2 Å². The molecule has 2 aromatic carbocycles. The molecular weight excluding hydrogens is 236 g/mol. The predicted molar refractivity (Wildman–Crippen MR) is 77.2 cm³/mol. The number of benzene rings is 2. The third kappa shape index (κ3) is 3.03. The molecule has 2 aromatic rings. The van der Waals surface area contributed by atoms with Gasteiger partial charge in [0.1, 0.15) is 0 Å². The highest BCUT2D eigenvalue weighted by Crippen LogP contribution is 2.28. The standard InChI is InChI=1S/C17H20O2/c1-14-6-5-9-16(10-14)17(12-18,13-19)11-15-7-3-2-4-8-15/h2-10,18-19H,11-13H2,1H3. The fourth-order valence-corrected chi connectivity index (χ4v) is 2.41. The van der Waals surface area contributed by atoms with E-state index in [-0.39, 0.29) is 13.2 Å². The number of hydrogen-bond donors (Lipinski definition) is 2. The zero-order chi connectivity index (χ0) is 13.7. The van der Waals surface area contributed by atoms with Gasteiger partial charge in [-0.05, 0) is 24.5 Å². The second-order valence-electron chi connectivity index (χ2n) is 5.13. The predicted octanol–water partition coefficient (Wildman–Crippen LogP) is 2.46. The van der Waals surface area contributed by atoms with Crippen LogP contribution in [0.25, 0.3) is 0 Å². The van der Waals surface area contributed by atoms with Gasteiger partial charge in [0.25, 0.3) is 0 Å². The Hall–Kier alpha value is -1.64. The van der Waals surface area contributed by atoms with Crippen LogP contribution in [0.3, 0.4) is 0 Å². The summed E-state index contributed by atoms with van der Waals surface area (Å²) in [6.45, 7) is 1.88. The van der Waals surface area contributed by atoms with Crippen molar-refractivity contribution in [3.8, 4) is 0 Å². The summed E-state index contributed by atoms with van der Waals surface area (Å²) < 4.78 is 0. The summed E-state index contributed by atoms with van der Waals surface area (Å²) in [6.07, 6.45) is 0.629.